The number of rotatable bonds is 6. The zero-order valence-corrected chi connectivity index (χ0v) is 13.1. The van der Waals surface area contributed by atoms with Gasteiger partial charge in [0.15, 0.2) is 18.4 Å². The van der Waals surface area contributed by atoms with Crippen LogP contribution >= 0.6 is 0 Å². The lowest BCUT2D eigenvalue weighted by Gasteiger charge is -2.12. The number of benzene rings is 2. The molecule has 7 heteroatoms. The zero-order valence-electron chi connectivity index (χ0n) is 13.1. The fourth-order valence-corrected chi connectivity index (χ4v) is 2.09. The number of aliphatic hydroxyl groups is 2. The van der Waals surface area contributed by atoms with E-state index in [1.165, 1.54) is 50.2 Å². The lowest BCUT2D eigenvalue weighted by Crippen LogP contribution is -2.10. The minimum Gasteiger partial charge on any atom is -0.507 e. The molecule has 0 fully saturated rings. The third-order valence-electron chi connectivity index (χ3n) is 3.04. The second-order valence-electron chi connectivity index (χ2n) is 5.12. The summed E-state index contributed by atoms with van der Waals surface area (Å²) in [5.41, 5.74) is -0.0696. The maximum absolute atomic E-state index is 12.5. The second-order valence-corrected chi connectivity index (χ2v) is 5.12. The van der Waals surface area contributed by atoms with Gasteiger partial charge in [-0.2, -0.15) is 0 Å². The Bertz CT molecular complexity index is 676. The van der Waals surface area contributed by atoms with Gasteiger partial charge in [0.25, 0.3) is 0 Å². The van der Waals surface area contributed by atoms with Crippen LogP contribution in [-0.4, -0.2) is 38.8 Å². The average Bonchev–Trinajstić information content (AvgIpc) is 2.45. The molecule has 0 saturated heterocycles. The molecule has 0 aromatic heterocycles. The van der Waals surface area contributed by atoms with Crippen molar-refractivity contribution in [1.82, 2.24) is 0 Å². The number of carbonyl (C=O) groups excluding carboxylic acids is 1. The SMILES string of the molecule is CC(O)Oc1ccc(C(=O)c2ccc(OC(C)O)cc2O)c(O)c1. The topological polar surface area (TPSA) is 116 Å². The van der Waals surface area contributed by atoms with Gasteiger partial charge in [0.2, 0.25) is 0 Å². The average molecular weight is 334 g/mol. The van der Waals surface area contributed by atoms with Gasteiger partial charge in [-0.1, -0.05) is 0 Å². The van der Waals surface area contributed by atoms with Gasteiger partial charge in [-0.05, 0) is 38.1 Å². The number of aliphatic hydroxyl groups excluding tert-OH is 2. The molecule has 0 saturated carbocycles. The van der Waals surface area contributed by atoms with Crippen LogP contribution in [-0.2, 0) is 0 Å². The Morgan fingerprint density at radius 2 is 1.21 bits per heavy atom. The molecule has 2 atom stereocenters. The molecule has 0 aliphatic rings. The first-order chi connectivity index (χ1) is 11.3. The van der Waals surface area contributed by atoms with Gasteiger partial charge >= 0.3 is 0 Å². The van der Waals surface area contributed by atoms with Crippen LogP contribution in [0.1, 0.15) is 29.8 Å². The first-order valence-corrected chi connectivity index (χ1v) is 7.18. The minimum atomic E-state index is -1.06. The van der Waals surface area contributed by atoms with Crippen molar-refractivity contribution in [3.05, 3.63) is 47.5 Å². The Morgan fingerprint density at radius 3 is 1.50 bits per heavy atom. The molecule has 0 spiro atoms. The van der Waals surface area contributed by atoms with E-state index in [4.69, 9.17) is 19.7 Å². The molecular formula is C17H18O7. The number of hydrogen-bond acceptors (Lipinski definition) is 7. The number of phenols is 2. The predicted molar refractivity (Wildman–Crippen MR) is 84.3 cm³/mol. The highest BCUT2D eigenvalue weighted by atomic mass is 16.6. The number of phenolic OH excluding ortho intramolecular Hbond substituents is 2. The van der Waals surface area contributed by atoms with Crippen molar-refractivity contribution in [3.63, 3.8) is 0 Å². The van der Waals surface area contributed by atoms with E-state index in [2.05, 4.69) is 0 Å². The summed E-state index contributed by atoms with van der Waals surface area (Å²) in [5.74, 6) is -0.895. The van der Waals surface area contributed by atoms with Crippen molar-refractivity contribution in [2.24, 2.45) is 0 Å². The number of carbonyl (C=O) groups is 1. The largest absolute Gasteiger partial charge is 0.507 e. The maximum atomic E-state index is 12.5. The van der Waals surface area contributed by atoms with Crippen LogP contribution in [0.5, 0.6) is 23.0 Å². The Labute approximate surface area is 138 Å². The molecule has 2 unspecified atom stereocenters. The van der Waals surface area contributed by atoms with Crippen molar-refractivity contribution >= 4 is 5.78 Å². The maximum Gasteiger partial charge on any atom is 0.200 e. The lowest BCUT2D eigenvalue weighted by molar-refractivity contribution is -0.00100. The monoisotopic (exact) mass is 334 g/mol. The van der Waals surface area contributed by atoms with E-state index >= 15 is 0 Å². The van der Waals surface area contributed by atoms with Crippen LogP contribution in [0.2, 0.25) is 0 Å². The summed E-state index contributed by atoms with van der Waals surface area (Å²) < 4.78 is 10.0. The van der Waals surface area contributed by atoms with Gasteiger partial charge in [-0.3, -0.25) is 4.79 Å². The first kappa shape index (κ1) is 17.6. The van der Waals surface area contributed by atoms with E-state index in [0.29, 0.717) is 0 Å². The lowest BCUT2D eigenvalue weighted by atomic mass is 10.0. The van der Waals surface area contributed by atoms with Crippen molar-refractivity contribution < 1.29 is 34.7 Å². The third kappa shape index (κ3) is 4.15. The molecule has 2 rings (SSSR count). The Hall–Kier alpha value is -2.77. The smallest absolute Gasteiger partial charge is 0.200 e. The van der Waals surface area contributed by atoms with Gasteiger partial charge in [-0.15, -0.1) is 0 Å². The molecule has 0 aliphatic carbocycles. The first-order valence-electron chi connectivity index (χ1n) is 7.18. The summed E-state index contributed by atoms with van der Waals surface area (Å²) >= 11 is 0. The van der Waals surface area contributed by atoms with Gasteiger partial charge in [0, 0.05) is 12.1 Å². The van der Waals surface area contributed by atoms with Crippen LogP contribution in [0.25, 0.3) is 0 Å². The van der Waals surface area contributed by atoms with E-state index in [0.717, 1.165) is 0 Å². The highest BCUT2D eigenvalue weighted by Gasteiger charge is 2.18. The fourth-order valence-electron chi connectivity index (χ4n) is 2.09. The van der Waals surface area contributed by atoms with Crippen LogP contribution in [0.15, 0.2) is 36.4 Å². The Morgan fingerprint density at radius 1 is 0.833 bits per heavy atom. The van der Waals surface area contributed by atoms with Crippen LogP contribution < -0.4 is 9.47 Å². The summed E-state index contributed by atoms with van der Waals surface area (Å²) in [6.07, 6.45) is -2.12. The number of hydrogen-bond donors (Lipinski definition) is 4. The fraction of sp³-hybridized carbons (Fsp3) is 0.235. The summed E-state index contributed by atoms with van der Waals surface area (Å²) in [6, 6.07) is 7.89. The molecular weight excluding hydrogens is 316 g/mol. The highest BCUT2D eigenvalue weighted by Crippen LogP contribution is 2.31. The zero-order chi connectivity index (χ0) is 17.9. The van der Waals surface area contributed by atoms with Crippen molar-refractivity contribution in [1.29, 1.82) is 0 Å². The van der Waals surface area contributed by atoms with Crippen LogP contribution in [0.3, 0.4) is 0 Å². The Kier molecular flexibility index (Phi) is 5.28. The molecule has 0 amide bonds. The molecule has 0 heterocycles. The normalized spacial score (nSPS) is 13.2. The molecule has 0 aliphatic heterocycles. The molecule has 2 aromatic carbocycles. The predicted octanol–water partition coefficient (Wildman–Crippen LogP) is 1.76. The summed E-state index contributed by atoms with van der Waals surface area (Å²) in [4.78, 5) is 12.5. The number of ether oxygens (including phenoxy) is 2. The van der Waals surface area contributed by atoms with Crippen LogP contribution in [0.4, 0.5) is 0 Å². The van der Waals surface area contributed by atoms with E-state index in [1.54, 1.807) is 0 Å². The van der Waals surface area contributed by atoms with Gasteiger partial charge < -0.3 is 29.9 Å². The quantitative estimate of drug-likeness (QED) is 0.470. The molecule has 2 aromatic rings. The van der Waals surface area contributed by atoms with Gasteiger partial charge in [0.05, 0.1) is 11.1 Å². The number of aromatic hydroxyl groups is 2. The Balaban J connectivity index is 2.28. The molecule has 0 bridgehead atoms. The standard InChI is InChI=1S/C17H18O7/c1-9(18)23-11-3-5-13(15(20)7-11)17(22)14-6-4-12(8-16(14)21)24-10(2)19/h3-10,18-21H,1-2H3. The van der Waals surface area contributed by atoms with Crippen LogP contribution in [0, 0.1) is 0 Å². The van der Waals surface area contributed by atoms with Gasteiger partial charge in [-0.25, -0.2) is 0 Å². The van der Waals surface area contributed by atoms with E-state index < -0.39 is 18.4 Å². The van der Waals surface area contributed by atoms with E-state index in [1.807, 2.05) is 0 Å². The van der Waals surface area contributed by atoms with Crippen molar-refractivity contribution in [2.45, 2.75) is 26.4 Å². The number of ketones is 1. The molecule has 0 radical (unpaired) electrons. The second kappa shape index (κ2) is 7.20. The highest BCUT2D eigenvalue weighted by molar-refractivity contribution is 6.12. The molecule has 4 N–H and O–H groups in total. The van der Waals surface area contributed by atoms with E-state index in [-0.39, 0.29) is 34.1 Å². The summed E-state index contributed by atoms with van der Waals surface area (Å²) in [6.45, 7) is 2.82. The van der Waals surface area contributed by atoms with Gasteiger partial charge in [0.1, 0.15) is 23.0 Å². The van der Waals surface area contributed by atoms with Crippen molar-refractivity contribution in [2.75, 3.05) is 0 Å². The summed E-state index contributed by atoms with van der Waals surface area (Å²) in [5, 5.41) is 38.2. The van der Waals surface area contributed by atoms with Crippen molar-refractivity contribution in [3.8, 4) is 23.0 Å². The molecule has 128 valence electrons. The molecule has 7 nitrogen and oxygen atoms in total. The van der Waals surface area contributed by atoms with E-state index in [9.17, 15) is 15.0 Å². The summed E-state index contributed by atoms with van der Waals surface area (Å²) in [7, 11) is 0. The third-order valence-corrected chi connectivity index (χ3v) is 3.04. The minimum absolute atomic E-state index is 0.0348. The molecule has 24 heavy (non-hydrogen) atoms.